The van der Waals surface area contributed by atoms with Gasteiger partial charge in [-0.15, -0.1) is 20.4 Å². The van der Waals surface area contributed by atoms with Gasteiger partial charge in [0, 0.05) is 24.1 Å². The van der Waals surface area contributed by atoms with Crippen LogP contribution in [-0.2, 0) is 11.2 Å². The maximum Gasteiger partial charge on any atom is 0.277 e. The highest BCUT2D eigenvalue weighted by Crippen LogP contribution is 2.25. The molecule has 12 heteroatoms. The molecule has 2 aromatic heterocycles. The van der Waals surface area contributed by atoms with Gasteiger partial charge in [0.15, 0.2) is 0 Å². The van der Waals surface area contributed by atoms with Crippen LogP contribution in [0.4, 0.5) is 10.8 Å². The normalized spacial score (nSPS) is 10.7. The first kappa shape index (κ1) is 18.9. The number of aryl methyl sites for hydroxylation is 1. The first-order valence-corrected chi connectivity index (χ1v) is 9.68. The monoisotopic (exact) mass is 406 g/mol. The van der Waals surface area contributed by atoms with Gasteiger partial charge in [0.25, 0.3) is 10.9 Å². The van der Waals surface area contributed by atoms with Gasteiger partial charge in [-0.1, -0.05) is 30.0 Å². The van der Waals surface area contributed by atoms with Crippen molar-refractivity contribution in [2.24, 2.45) is 0 Å². The summed E-state index contributed by atoms with van der Waals surface area (Å²) < 4.78 is 5.47. The number of nitrogens with one attached hydrogen (secondary N) is 1. The van der Waals surface area contributed by atoms with E-state index in [4.69, 9.17) is 4.42 Å². The number of benzene rings is 1. The standard InChI is InChI=1S/C15H14N6O4S2/c1-2-3-12-17-19-14(27-12)16-11(22)8-26-15-20-18-13(25-15)9-4-6-10(7-5-9)21(23)24/h4-7H,2-3,8H2,1H3,(H,16,19,22). The highest BCUT2D eigenvalue weighted by molar-refractivity contribution is 7.99. The fraction of sp³-hybridized carbons (Fsp3) is 0.267. The number of hydrogen-bond donors (Lipinski definition) is 1. The molecule has 0 saturated carbocycles. The summed E-state index contributed by atoms with van der Waals surface area (Å²) in [5.74, 6) is 0.0420. The predicted molar refractivity (Wildman–Crippen MR) is 99.6 cm³/mol. The van der Waals surface area contributed by atoms with Crippen LogP contribution in [0.15, 0.2) is 33.9 Å². The number of rotatable bonds is 8. The van der Waals surface area contributed by atoms with E-state index in [-0.39, 0.29) is 28.5 Å². The Balaban J connectivity index is 1.54. The first-order chi connectivity index (χ1) is 13.0. The van der Waals surface area contributed by atoms with Crippen LogP contribution in [0.2, 0.25) is 0 Å². The van der Waals surface area contributed by atoms with Gasteiger partial charge in [-0.3, -0.25) is 20.2 Å². The quantitative estimate of drug-likeness (QED) is 0.339. The molecule has 10 nitrogen and oxygen atoms in total. The summed E-state index contributed by atoms with van der Waals surface area (Å²) >= 11 is 2.43. The summed E-state index contributed by atoms with van der Waals surface area (Å²) in [5.41, 5.74) is 0.532. The van der Waals surface area contributed by atoms with Gasteiger partial charge in [-0.05, 0) is 18.6 Å². The molecule has 1 amide bonds. The average Bonchev–Trinajstić information content (AvgIpc) is 3.30. The van der Waals surface area contributed by atoms with Crippen molar-refractivity contribution in [2.45, 2.75) is 25.0 Å². The molecule has 140 valence electrons. The Hall–Kier alpha value is -2.86. The van der Waals surface area contributed by atoms with Gasteiger partial charge < -0.3 is 4.42 Å². The second-order valence-electron chi connectivity index (χ2n) is 5.26. The van der Waals surface area contributed by atoms with Gasteiger partial charge >= 0.3 is 0 Å². The average molecular weight is 406 g/mol. The summed E-state index contributed by atoms with van der Waals surface area (Å²) in [5, 5.41) is 30.6. The molecule has 3 aromatic rings. The number of nitro groups is 1. The van der Waals surface area contributed by atoms with Crippen molar-refractivity contribution < 1.29 is 14.1 Å². The molecule has 2 heterocycles. The molecular weight excluding hydrogens is 392 g/mol. The number of non-ortho nitro benzene ring substituents is 1. The number of anilines is 1. The van der Waals surface area contributed by atoms with Crippen LogP contribution in [0.1, 0.15) is 18.4 Å². The summed E-state index contributed by atoms with van der Waals surface area (Å²) in [6, 6.07) is 5.76. The van der Waals surface area contributed by atoms with E-state index in [2.05, 4.69) is 25.7 Å². The molecule has 0 radical (unpaired) electrons. The molecule has 27 heavy (non-hydrogen) atoms. The van der Waals surface area contributed by atoms with Crippen molar-refractivity contribution >= 4 is 39.8 Å². The molecule has 0 atom stereocenters. The zero-order chi connectivity index (χ0) is 19.2. The van der Waals surface area contributed by atoms with E-state index in [9.17, 15) is 14.9 Å². The van der Waals surface area contributed by atoms with Crippen molar-refractivity contribution in [3.8, 4) is 11.5 Å². The smallest absolute Gasteiger partial charge is 0.277 e. The minimum Gasteiger partial charge on any atom is -0.411 e. The Morgan fingerprint density at radius 1 is 1.26 bits per heavy atom. The number of carbonyl (C=O) groups excluding carboxylic acids is 1. The molecule has 1 aromatic carbocycles. The Labute approximate surface area is 161 Å². The highest BCUT2D eigenvalue weighted by Gasteiger charge is 2.14. The second-order valence-corrected chi connectivity index (χ2v) is 7.25. The van der Waals surface area contributed by atoms with Gasteiger partial charge in [0.05, 0.1) is 10.7 Å². The number of aromatic nitrogens is 4. The highest BCUT2D eigenvalue weighted by atomic mass is 32.2. The zero-order valence-corrected chi connectivity index (χ0v) is 15.7. The SMILES string of the molecule is CCCc1nnc(NC(=O)CSc2nnc(-c3ccc([N+](=O)[O-])cc3)o2)s1. The number of carbonyl (C=O) groups is 1. The Bertz CT molecular complexity index is 940. The lowest BCUT2D eigenvalue weighted by atomic mass is 10.2. The van der Waals surface area contributed by atoms with Crippen LogP contribution in [0, 0.1) is 10.1 Å². The lowest BCUT2D eigenvalue weighted by Crippen LogP contribution is -2.13. The van der Waals surface area contributed by atoms with Crippen molar-refractivity contribution in [1.82, 2.24) is 20.4 Å². The van der Waals surface area contributed by atoms with Gasteiger partial charge in [0.2, 0.25) is 16.9 Å². The Morgan fingerprint density at radius 2 is 2.04 bits per heavy atom. The lowest BCUT2D eigenvalue weighted by Gasteiger charge is -1.98. The van der Waals surface area contributed by atoms with Crippen LogP contribution in [-0.4, -0.2) is 37.0 Å². The minimum atomic E-state index is -0.485. The number of amides is 1. The lowest BCUT2D eigenvalue weighted by molar-refractivity contribution is -0.384. The summed E-state index contributed by atoms with van der Waals surface area (Å²) in [6.07, 6.45) is 1.79. The molecule has 0 spiro atoms. The van der Waals surface area contributed by atoms with E-state index in [0.29, 0.717) is 10.7 Å². The third-order valence-electron chi connectivity index (χ3n) is 3.24. The van der Waals surface area contributed by atoms with E-state index in [1.807, 2.05) is 6.92 Å². The number of thioether (sulfide) groups is 1. The summed E-state index contributed by atoms with van der Waals surface area (Å²) in [6.45, 7) is 2.05. The molecule has 3 rings (SSSR count). The predicted octanol–water partition coefficient (Wildman–Crippen LogP) is 3.18. The van der Waals surface area contributed by atoms with E-state index in [0.717, 1.165) is 29.6 Å². The van der Waals surface area contributed by atoms with Gasteiger partial charge in [0.1, 0.15) is 5.01 Å². The molecule has 0 aliphatic heterocycles. The summed E-state index contributed by atoms with van der Waals surface area (Å²) in [4.78, 5) is 22.2. The number of nitro benzene ring substituents is 1. The fourth-order valence-electron chi connectivity index (χ4n) is 2.01. The summed E-state index contributed by atoms with van der Waals surface area (Å²) in [7, 11) is 0. The fourth-order valence-corrected chi connectivity index (χ4v) is 3.43. The van der Waals surface area contributed by atoms with Crippen molar-refractivity contribution in [3.63, 3.8) is 0 Å². The molecule has 0 fully saturated rings. The third-order valence-corrected chi connectivity index (χ3v) is 4.95. The van der Waals surface area contributed by atoms with Crippen LogP contribution < -0.4 is 5.32 Å². The molecule has 1 N–H and O–H groups in total. The zero-order valence-electron chi connectivity index (χ0n) is 14.1. The van der Waals surface area contributed by atoms with E-state index in [1.54, 1.807) is 0 Å². The van der Waals surface area contributed by atoms with Crippen LogP contribution >= 0.6 is 23.1 Å². The van der Waals surface area contributed by atoms with Crippen molar-refractivity contribution in [1.29, 1.82) is 0 Å². The molecule has 0 aliphatic rings. The Kier molecular flexibility index (Phi) is 6.08. The van der Waals surface area contributed by atoms with Gasteiger partial charge in [-0.25, -0.2) is 0 Å². The Morgan fingerprint density at radius 3 is 2.74 bits per heavy atom. The van der Waals surface area contributed by atoms with Gasteiger partial charge in [-0.2, -0.15) is 0 Å². The van der Waals surface area contributed by atoms with E-state index < -0.39 is 4.92 Å². The molecule has 0 aliphatic carbocycles. The minimum absolute atomic E-state index is 0.0247. The van der Waals surface area contributed by atoms with Crippen LogP contribution in [0.25, 0.3) is 11.5 Å². The van der Waals surface area contributed by atoms with E-state index >= 15 is 0 Å². The van der Waals surface area contributed by atoms with Crippen molar-refractivity contribution in [2.75, 3.05) is 11.1 Å². The van der Waals surface area contributed by atoms with Crippen LogP contribution in [0.5, 0.6) is 0 Å². The second kappa shape index (κ2) is 8.68. The largest absolute Gasteiger partial charge is 0.411 e. The molecule has 0 bridgehead atoms. The van der Waals surface area contributed by atoms with Crippen molar-refractivity contribution in [3.05, 3.63) is 39.4 Å². The molecule has 0 unspecified atom stereocenters. The molecular formula is C15H14N6O4S2. The molecule has 0 saturated heterocycles. The third kappa shape index (κ3) is 5.08. The number of nitrogens with zero attached hydrogens (tertiary/aromatic N) is 5. The first-order valence-electron chi connectivity index (χ1n) is 7.88. The maximum absolute atomic E-state index is 12.0. The maximum atomic E-state index is 12.0. The van der Waals surface area contributed by atoms with Crippen LogP contribution in [0.3, 0.4) is 0 Å². The topological polar surface area (TPSA) is 137 Å². The van der Waals surface area contributed by atoms with E-state index in [1.165, 1.54) is 35.6 Å². The number of hydrogen-bond acceptors (Lipinski definition) is 10.